The summed E-state index contributed by atoms with van der Waals surface area (Å²) < 4.78 is 15.1. The van der Waals surface area contributed by atoms with Crippen molar-refractivity contribution in [1.29, 1.82) is 0 Å². The van der Waals surface area contributed by atoms with Crippen LogP contribution in [0, 0.1) is 10.1 Å². The normalized spacial score (nSPS) is 10.5. The number of esters is 1. The Morgan fingerprint density at radius 2 is 2.15 bits per heavy atom. The fourth-order valence-electron chi connectivity index (χ4n) is 1.59. The van der Waals surface area contributed by atoms with E-state index in [0.29, 0.717) is 12.1 Å². The molecule has 0 saturated carbocycles. The lowest BCUT2D eigenvalue weighted by molar-refractivity contribution is -0.401. The molecular formula is C12H12N2O6. The molecule has 0 aliphatic heterocycles. The molecule has 20 heavy (non-hydrogen) atoms. The summed E-state index contributed by atoms with van der Waals surface area (Å²) in [7, 11) is 0. The van der Waals surface area contributed by atoms with Crippen LogP contribution in [0.4, 0.5) is 5.88 Å². The van der Waals surface area contributed by atoms with Crippen molar-refractivity contribution in [3.8, 4) is 11.7 Å². The van der Waals surface area contributed by atoms with Gasteiger partial charge in [-0.15, -0.1) is 0 Å². The number of aryl methyl sites for hydroxylation is 1. The Labute approximate surface area is 113 Å². The number of carbonyl (C=O) groups excluding carboxylic acids is 1. The number of furan rings is 1. The number of nitrogens with zero attached hydrogens (tertiary/aromatic N) is 2. The van der Waals surface area contributed by atoms with Gasteiger partial charge in [0.15, 0.2) is 5.76 Å². The maximum absolute atomic E-state index is 11.7. The van der Waals surface area contributed by atoms with Gasteiger partial charge >= 0.3 is 11.9 Å². The summed E-state index contributed by atoms with van der Waals surface area (Å²) >= 11 is 0. The van der Waals surface area contributed by atoms with Gasteiger partial charge in [0.1, 0.15) is 4.92 Å². The summed E-state index contributed by atoms with van der Waals surface area (Å²) in [4.78, 5) is 25.7. The van der Waals surface area contributed by atoms with Gasteiger partial charge in [-0.1, -0.05) is 6.92 Å². The first-order valence-corrected chi connectivity index (χ1v) is 5.98. The Bertz CT molecular complexity index is 642. The van der Waals surface area contributed by atoms with Crippen LogP contribution in [0.25, 0.3) is 11.7 Å². The number of hydrogen-bond acceptors (Lipinski definition) is 7. The van der Waals surface area contributed by atoms with Gasteiger partial charge in [-0.05, 0) is 19.4 Å². The molecule has 8 heteroatoms. The van der Waals surface area contributed by atoms with Gasteiger partial charge in [-0.25, -0.2) is 9.78 Å². The number of hydrogen-bond donors (Lipinski definition) is 0. The largest absolute Gasteiger partial charge is 0.460 e. The van der Waals surface area contributed by atoms with Crippen LogP contribution in [0.15, 0.2) is 21.0 Å². The Kier molecular flexibility index (Phi) is 3.83. The molecular weight excluding hydrogens is 268 g/mol. The molecule has 0 bridgehead atoms. The van der Waals surface area contributed by atoms with E-state index in [0.717, 1.165) is 0 Å². The molecule has 2 heterocycles. The third-order valence-electron chi connectivity index (χ3n) is 2.48. The van der Waals surface area contributed by atoms with Crippen LogP contribution < -0.4 is 0 Å². The number of carbonyl (C=O) groups is 1. The average molecular weight is 280 g/mol. The molecule has 0 saturated heterocycles. The molecule has 2 aromatic heterocycles. The number of aromatic nitrogens is 1. The van der Waals surface area contributed by atoms with Crippen molar-refractivity contribution >= 4 is 11.9 Å². The van der Waals surface area contributed by atoms with Gasteiger partial charge < -0.3 is 13.6 Å². The monoisotopic (exact) mass is 280 g/mol. The maximum atomic E-state index is 11.7. The summed E-state index contributed by atoms with van der Waals surface area (Å²) in [5.74, 6) is -0.957. The zero-order chi connectivity index (χ0) is 14.7. The van der Waals surface area contributed by atoms with Crippen LogP contribution in [0.5, 0.6) is 0 Å². The third-order valence-corrected chi connectivity index (χ3v) is 2.48. The lowest BCUT2D eigenvalue weighted by atomic mass is 10.3. The molecule has 2 rings (SSSR count). The highest BCUT2D eigenvalue weighted by molar-refractivity contribution is 5.88. The maximum Gasteiger partial charge on any atom is 0.433 e. The van der Waals surface area contributed by atoms with Crippen molar-refractivity contribution in [2.24, 2.45) is 0 Å². The van der Waals surface area contributed by atoms with Crippen molar-refractivity contribution < 1.29 is 23.3 Å². The quantitative estimate of drug-likeness (QED) is 0.470. The van der Waals surface area contributed by atoms with E-state index >= 15 is 0 Å². The molecule has 0 unspecified atom stereocenters. The highest BCUT2D eigenvalue weighted by Crippen LogP contribution is 2.27. The Hall–Kier alpha value is -2.64. The molecule has 0 fully saturated rings. The minimum atomic E-state index is -0.667. The second-order valence-corrected chi connectivity index (χ2v) is 3.76. The fourth-order valence-corrected chi connectivity index (χ4v) is 1.59. The molecule has 0 aliphatic carbocycles. The highest BCUT2D eigenvalue weighted by atomic mass is 16.6. The van der Waals surface area contributed by atoms with E-state index in [1.807, 2.05) is 0 Å². The van der Waals surface area contributed by atoms with Crippen LogP contribution in [-0.2, 0) is 11.2 Å². The van der Waals surface area contributed by atoms with E-state index in [-0.39, 0.29) is 24.0 Å². The SMILES string of the molecule is CCOC(=O)c1oc(-c2ccc([N+](=O)[O-])o2)nc1CC. The van der Waals surface area contributed by atoms with Crippen LogP contribution in [0.1, 0.15) is 30.1 Å². The number of oxazole rings is 1. The molecule has 0 radical (unpaired) electrons. The number of rotatable bonds is 5. The van der Waals surface area contributed by atoms with E-state index in [2.05, 4.69) is 4.98 Å². The smallest absolute Gasteiger partial charge is 0.433 e. The number of nitro groups is 1. The third kappa shape index (κ3) is 2.53. The summed E-state index contributed by atoms with van der Waals surface area (Å²) in [6.45, 7) is 3.69. The second kappa shape index (κ2) is 5.55. The van der Waals surface area contributed by atoms with Gasteiger partial charge in [0, 0.05) is 0 Å². The Morgan fingerprint density at radius 3 is 2.70 bits per heavy atom. The zero-order valence-corrected chi connectivity index (χ0v) is 10.9. The summed E-state index contributed by atoms with van der Waals surface area (Å²) in [5, 5.41) is 10.6. The van der Waals surface area contributed by atoms with Crippen molar-refractivity contribution in [3.63, 3.8) is 0 Å². The number of ether oxygens (including phenoxy) is 1. The standard InChI is InChI=1S/C12H12N2O6/c1-3-7-10(12(15)18-4-2)20-11(13-7)8-5-6-9(19-8)14(16)17/h5-6H,3-4H2,1-2H3. The second-order valence-electron chi connectivity index (χ2n) is 3.76. The summed E-state index contributed by atoms with van der Waals surface area (Å²) in [6.07, 6.45) is 0.459. The zero-order valence-electron chi connectivity index (χ0n) is 10.9. The molecule has 0 aromatic carbocycles. The predicted molar refractivity (Wildman–Crippen MR) is 66.2 cm³/mol. The van der Waals surface area contributed by atoms with Crippen molar-refractivity contribution in [2.45, 2.75) is 20.3 Å². The Balaban J connectivity index is 2.37. The van der Waals surface area contributed by atoms with E-state index < -0.39 is 16.8 Å². The highest BCUT2D eigenvalue weighted by Gasteiger charge is 2.23. The topological polar surface area (TPSA) is 109 Å². The molecule has 0 N–H and O–H groups in total. The molecule has 0 aliphatic rings. The van der Waals surface area contributed by atoms with Crippen LogP contribution >= 0.6 is 0 Å². The Morgan fingerprint density at radius 1 is 1.40 bits per heavy atom. The molecule has 8 nitrogen and oxygen atoms in total. The first-order chi connectivity index (χ1) is 9.56. The van der Waals surface area contributed by atoms with Crippen molar-refractivity contribution in [1.82, 2.24) is 4.98 Å². The van der Waals surface area contributed by atoms with Gasteiger partial charge in [0.25, 0.3) is 5.89 Å². The molecule has 0 amide bonds. The van der Waals surface area contributed by atoms with E-state index in [9.17, 15) is 14.9 Å². The van der Waals surface area contributed by atoms with E-state index in [1.54, 1.807) is 13.8 Å². The first-order valence-electron chi connectivity index (χ1n) is 5.98. The molecule has 0 atom stereocenters. The predicted octanol–water partition coefficient (Wildman–Crippen LogP) is 2.58. The summed E-state index contributed by atoms with van der Waals surface area (Å²) in [5.41, 5.74) is 0.414. The van der Waals surface area contributed by atoms with E-state index in [1.165, 1.54) is 12.1 Å². The van der Waals surface area contributed by atoms with Crippen molar-refractivity contribution in [2.75, 3.05) is 6.61 Å². The van der Waals surface area contributed by atoms with E-state index in [4.69, 9.17) is 13.6 Å². The first kappa shape index (κ1) is 13.8. The van der Waals surface area contributed by atoms with Crippen LogP contribution in [-0.4, -0.2) is 22.5 Å². The lowest BCUT2D eigenvalue weighted by Crippen LogP contribution is -2.05. The minimum Gasteiger partial charge on any atom is -0.460 e. The van der Waals surface area contributed by atoms with Gasteiger partial charge in [0.05, 0.1) is 18.4 Å². The van der Waals surface area contributed by atoms with Gasteiger partial charge in [-0.2, -0.15) is 0 Å². The van der Waals surface area contributed by atoms with Gasteiger partial charge in [-0.3, -0.25) is 10.1 Å². The van der Waals surface area contributed by atoms with Gasteiger partial charge in [0.2, 0.25) is 5.76 Å². The minimum absolute atomic E-state index is 0.0107. The molecule has 0 spiro atoms. The van der Waals surface area contributed by atoms with Crippen molar-refractivity contribution in [3.05, 3.63) is 33.7 Å². The van der Waals surface area contributed by atoms with Crippen LogP contribution in [0.2, 0.25) is 0 Å². The summed E-state index contributed by atoms with van der Waals surface area (Å²) in [6, 6.07) is 2.55. The van der Waals surface area contributed by atoms with Crippen LogP contribution in [0.3, 0.4) is 0 Å². The average Bonchev–Trinajstić information content (AvgIpc) is 3.05. The molecule has 2 aromatic rings. The lowest BCUT2D eigenvalue weighted by Gasteiger charge is -1.98. The molecule has 106 valence electrons. The fraction of sp³-hybridized carbons (Fsp3) is 0.333.